The highest BCUT2D eigenvalue weighted by Crippen LogP contribution is 2.29. The number of nitro groups is 1. The maximum absolute atomic E-state index is 12.6. The number of hydrogen-bond donors (Lipinski definition) is 1. The molecule has 6 nitrogen and oxygen atoms in total. The van der Waals surface area contributed by atoms with E-state index in [0.717, 1.165) is 17.9 Å². The Hall–Kier alpha value is -1.31. The van der Waals surface area contributed by atoms with Gasteiger partial charge in [0.1, 0.15) is 0 Å². The molecule has 0 spiro atoms. The first-order chi connectivity index (χ1) is 10.4. The molecule has 23 heavy (non-hydrogen) atoms. The van der Waals surface area contributed by atoms with Crippen molar-refractivity contribution in [3.63, 3.8) is 0 Å². The number of thioether (sulfide) groups is 1. The Kier molecular flexibility index (Phi) is 7.31. The summed E-state index contributed by atoms with van der Waals surface area (Å²) < 4.78 is 0. The van der Waals surface area contributed by atoms with Crippen LogP contribution in [0.4, 0.5) is 5.69 Å². The largest absolute Gasteiger partial charge is 0.339 e. The molecule has 0 aliphatic carbocycles. The van der Waals surface area contributed by atoms with Crippen LogP contribution in [0.5, 0.6) is 0 Å². The molecule has 0 bridgehead atoms. The van der Waals surface area contributed by atoms with Crippen molar-refractivity contribution in [1.82, 2.24) is 4.90 Å². The second-order valence-corrected chi connectivity index (χ2v) is 7.10. The lowest BCUT2D eigenvalue weighted by atomic mass is 10.1. The van der Waals surface area contributed by atoms with Gasteiger partial charge in [-0.3, -0.25) is 14.9 Å². The minimum absolute atomic E-state index is 0. The molecule has 1 heterocycles. The van der Waals surface area contributed by atoms with Crippen LogP contribution in [0.25, 0.3) is 0 Å². The molecule has 1 fully saturated rings. The number of nitrogens with zero attached hydrogens (tertiary/aromatic N) is 2. The van der Waals surface area contributed by atoms with Crippen LogP contribution in [0.3, 0.4) is 0 Å². The highest BCUT2D eigenvalue weighted by molar-refractivity contribution is 8.00. The minimum Gasteiger partial charge on any atom is -0.339 e. The van der Waals surface area contributed by atoms with Crippen molar-refractivity contribution in [2.75, 3.05) is 13.1 Å². The van der Waals surface area contributed by atoms with Gasteiger partial charge < -0.3 is 10.6 Å². The number of benzene rings is 1. The second kappa shape index (κ2) is 8.52. The Balaban J connectivity index is 0.00000264. The second-order valence-electron chi connectivity index (χ2n) is 5.69. The lowest BCUT2D eigenvalue weighted by Crippen LogP contribution is -2.39. The Labute approximate surface area is 146 Å². The normalized spacial score (nSPS) is 21.6. The molecule has 8 heteroatoms. The molecule has 0 radical (unpaired) electrons. The van der Waals surface area contributed by atoms with E-state index in [2.05, 4.69) is 6.92 Å². The van der Waals surface area contributed by atoms with Gasteiger partial charge in [0.05, 0.1) is 10.2 Å². The number of amides is 1. The van der Waals surface area contributed by atoms with Crippen LogP contribution in [-0.4, -0.2) is 40.1 Å². The molecule has 1 aliphatic heterocycles. The van der Waals surface area contributed by atoms with E-state index in [0.29, 0.717) is 12.5 Å². The minimum atomic E-state index is -0.429. The van der Waals surface area contributed by atoms with Crippen molar-refractivity contribution in [3.8, 4) is 0 Å². The third-order valence-electron chi connectivity index (χ3n) is 3.99. The first kappa shape index (κ1) is 19.7. The summed E-state index contributed by atoms with van der Waals surface area (Å²) >= 11 is 1.42. The lowest BCUT2D eigenvalue weighted by molar-refractivity contribution is -0.384. The van der Waals surface area contributed by atoms with E-state index in [1.165, 1.54) is 23.9 Å². The summed E-state index contributed by atoms with van der Waals surface area (Å²) in [5.41, 5.74) is 5.76. The summed E-state index contributed by atoms with van der Waals surface area (Å²) in [7, 11) is 0. The van der Waals surface area contributed by atoms with E-state index < -0.39 is 4.92 Å². The predicted molar refractivity (Wildman–Crippen MR) is 94.0 cm³/mol. The smallest absolute Gasteiger partial charge is 0.269 e. The zero-order valence-electron chi connectivity index (χ0n) is 13.2. The van der Waals surface area contributed by atoms with Crippen LogP contribution in [-0.2, 0) is 4.79 Å². The molecule has 1 aromatic carbocycles. The van der Waals surface area contributed by atoms with Crippen molar-refractivity contribution in [2.45, 2.75) is 36.5 Å². The number of carbonyl (C=O) groups excluding carboxylic acids is 1. The first-order valence-electron chi connectivity index (χ1n) is 7.34. The number of likely N-dealkylation sites (tertiary alicyclic amines) is 1. The summed E-state index contributed by atoms with van der Waals surface area (Å²) in [6.45, 7) is 5.26. The number of nitro benzene ring substituents is 1. The quantitative estimate of drug-likeness (QED) is 0.496. The lowest BCUT2D eigenvalue weighted by Gasteiger charge is -2.25. The van der Waals surface area contributed by atoms with Crippen LogP contribution in [0.15, 0.2) is 29.2 Å². The van der Waals surface area contributed by atoms with Crippen LogP contribution >= 0.6 is 24.2 Å². The topological polar surface area (TPSA) is 89.5 Å². The van der Waals surface area contributed by atoms with Gasteiger partial charge in [-0.05, 0) is 44.9 Å². The van der Waals surface area contributed by atoms with Crippen molar-refractivity contribution < 1.29 is 9.72 Å². The van der Waals surface area contributed by atoms with Gasteiger partial charge in [0.15, 0.2) is 0 Å². The summed E-state index contributed by atoms with van der Waals surface area (Å²) in [4.78, 5) is 25.5. The number of hydrogen-bond acceptors (Lipinski definition) is 5. The fourth-order valence-corrected chi connectivity index (χ4v) is 3.69. The van der Waals surface area contributed by atoms with E-state index >= 15 is 0 Å². The SMILES string of the molecule is CC(Sc1ccc([N+](=O)[O-])cc1)C(=O)N1CC(CN)CC1C.Cl. The number of rotatable bonds is 5. The third kappa shape index (κ3) is 4.83. The third-order valence-corrected chi connectivity index (χ3v) is 5.09. The zero-order chi connectivity index (χ0) is 16.3. The molecular formula is C15H22ClN3O3S. The molecule has 2 rings (SSSR count). The zero-order valence-corrected chi connectivity index (χ0v) is 14.8. The average molecular weight is 360 g/mol. The van der Waals surface area contributed by atoms with E-state index in [-0.39, 0.29) is 35.3 Å². The monoisotopic (exact) mass is 359 g/mol. The summed E-state index contributed by atoms with van der Waals surface area (Å²) in [6.07, 6.45) is 0.956. The van der Waals surface area contributed by atoms with Gasteiger partial charge in [-0.25, -0.2) is 0 Å². The molecule has 2 N–H and O–H groups in total. The molecule has 3 unspecified atom stereocenters. The van der Waals surface area contributed by atoms with E-state index in [4.69, 9.17) is 5.73 Å². The van der Waals surface area contributed by atoms with Crippen LogP contribution in [0, 0.1) is 16.0 Å². The molecule has 128 valence electrons. The molecule has 1 aromatic rings. The van der Waals surface area contributed by atoms with Gasteiger partial charge >= 0.3 is 0 Å². The molecule has 0 saturated carbocycles. The van der Waals surface area contributed by atoms with Gasteiger partial charge in [0, 0.05) is 29.6 Å². The fourth-order valence-electron chi connectivity index (χ4n) is 2.75. The Morgan fingerprint density at radius 3 is 2.57 bits per heavy atom. The maximum Gasteiger partial charge on any atom is 0.269 e. The standard InChI is InChI=1S/C15H21N3O3S.ClH/c1-10-7-12(8-16)9-17(10)15(19)11(2)22-14-5-3-13(4-6-14)18(20)21;/h3-6,10-12H,7-9,16H2,1-2H3;1H. The average Bonchev–Trinajstić information content (AvgIpc) is 2.88. The van der Waals surface area contributed by atoms with Gasteiger partial charge in [0.25, 0.3) is 5.69 Å². The van der Waals surface area contributed by atoms with Gasteiger partial charge in [-0.2, -0.15) is 0 Å². The highest BCUT2D eigenvalue weighted by atomic mass is 35.5. The highest BCUT2D eigenvalue weighted by Gasteiger charge is 2.33. The fraction of sp³-hybridized carbons (Fsp3) is 0.533. The Morgan fingerprint density at radius 1 is 1.48 bits per heavy atom. The molecular weight excluding hydrogens is 338 g/mol. The summed E-state index contributed by atoms with van der Waals surface area (Å²) in [5.74, 6) is 0.488. The number of non-ortho nitro benzene ring substituents is 1. The van der Waals surface area contributed by atoms with Gasteiger partial charge in [-0.15, -0.1) is 24.2 Å². The van der Waals surface area contributed by atoms with Crippen molar-refractivity contribution >= 4 is 35.8 Å². The molecule has 1 amide bonds. The van der Waals surface area contributed by atoms with Crippen LogP contribution in [0.1, 0.15) is 20.3 Å². The van der Waals surface area contributed by atoms with Crippen molar-refractivity contribution in [2.24, 2.45) is 11.7 Å². The van der Waals surface area contributed by atoms with Crippen LogP contribution in [0.2, 0.25) is 0 Å². The first-order valence-corrected chi connectivity index (χ1v) is 8.22. The molecule has 3 atom stereocenters. The number of carbonyl (C=O) groups is 1. The van der Waals surface area contributed by atoms with Crippen molar-refractivity contribution in [1.29, 1.82) is 0 Å². The summed E-state index contributed by atoms with van der Waals surface area (Å²) in [6, 6.07) is 6.51. The van der Waals surface area contributed by atoms with E-state index in [1.807, 2.05) is 11.8 Å². The number of nitrogens with two attached hydrogens (primary N) is 1. The van der Waals surface area contributed by atoms with E-state index in [9.17, 15) is 14.9 Å². The van der Waals surface area contributed by atoms with Crippen LogP contribution < -0.4 is 5.73 Å². The van der Waals surface area contributed by atoms with Crippen molar-refractivity contribution in [3.05, 3.63) is 34.4 Å². The van der Waals surface area contributed by atoms with E-state index in [1.54, 1.807) is 12.1 Å². The molecule has 1 saturated heterocycles. The van der Waals surface area contributed by atoms with Gasteiger partial charge in [-0.1, -0.05) is 0 Å². The molecule has 0 aromatic heterocycles. The number of halogens is 1. The Bertz CT molecular complexity index is 555. The predicted octanol–water partition coefficient (Wildman–Crippen LogP) is 2.69. The Morgan fingerprint density at radius 2 is 2.09 bits per heavy atom. The molecule has 1 aliphatic rings. The summed E-state index contributed by atoms with van der Waals surface area (Å²) in [5, 5.41) is 10.4. The maximum atomic E-state index is 12.6. The van der Waals surface area contributed by atoms with Gasteiger partial charge in [0.2, 0.25) is 5.91 Å².